The second-order valence-corrected chi connectivity index (χ2v) is 9.19. The summed E-state index contributed by atoms with van der Waals surface area (Å²) < 4.78 is 66.9. The maximum absolute atomic E-state index is 13.4. The minimum Gasteiger partial charge on any atom is -0.368 e. The van der Waals surface area contributed by atoms with E-state index < -0.39 is 39.1 Å². The van der Waals surface area contributed by atoms with Crippen LogP contribution in [0, 0.1) is 0 Å². The lowest BCUT2D eigenvalue weighted by Crippen LogP contribution is -2.52. The zero-order valence-corrected chi connectivity index (χ0v) is 18.1. The van der Waals surface area contributed by atoms with Crippen molar-refractivity contribution in [3.63, 3.8) is 0 Å². The number of piperazine rings is 1. The van der Waals surface area contributed by atoms with E-state index in [9.17, 15) is 26.4 Å². The summed E-state index contributed by atoms with van der Waals surface area (Å²) in [6.07, 6.45) is -3.60. The van der Waals surface area contributed by atoms with Crippen molar-refractivity contribution in [3.05, 3.63) is 72.8 Å². The molecule has 2 aromatic carbocycles. The van der Waals surface area contributed by atoms with Crippen LogP contribution in [0.5, 0.6) is 0 Å². The van der Waals surface area contributed by atoms with Crippen LogP contribution in [-0.4, -0.2) is 62.8 Å². The molecule has 2 aromatic rings. The van der Waals surface area contributed by atoms with Crippen molar-refractivity contribution in [2.45, 2.75) is 11.1 Å². The van der Waals surface area contributed by atoms with Crippen LogP contribution in [0.4, 0.5) is 18.9 Å². The highest BCUT2D eigenvalue weighted by molar-refractivity contribution is 7.89. The molecule has 1 amide bonds. The summed E-state index contributed by atoms with van der Waals surface area (Å²) in [7, 11) is -4.58. The Morgan fingerprint density at radius 3 is 2.19 bits per heavy atom. The number of para-hydroxylation sites is 1. The molecule has 0 aliphatic carbocycles. The average Bonchev–Trinajstić information content (AvgIpc) is 2.79. The fourth-order valence-corrected chi connectivity index (χ4v) is 5.13. The Hall–Kier alpha value is -2.85. The van der Waals surface area contributed by atoms with Gasteiger partial charge in [-0.3, -0.25) is 4.79 Å². The molecule has 0 saturated carbocycles. The summed E-state index contributed by atoms with van der Waals surface area (Å²) in [5.41, 5.74) is -0.239. The van der Waals surface area contributed by atoms with E-state index in [-0.39, 0.29) is 6.54 Å². The molecule has 6 nitrogen and oxygen atoms in total. The van der Waals surface area contributed by atoms with E-state index in [2.05, 4.69) is 11.5 Å². The molecule has 172 valence electrons. The summed E-state index contributed by atoms with van der Waals surface area (Å²) in [5.74, 6) is -0.465. The molecule has 0 spiro atoms. The lowest BCUT2D eigenvalue weighted by molar-refractivity contribution is -0.139. The molecule has 0 atom stereocenters. The van der Waals surface area contributed by atoms with Gasteiger partial charge in [0.1, 0.15) is 0 Å². The first-order valence-electron chi connectivity index (χ1n) is 9.99. The maximum Gasteiger partial charge on any atom is 0.417 e. The lowest BCUT2D eigenvalue weighted by atomic mass is 10.2. The SMILES string of the molecule is C=CCN(CC(=O)N1CCN(c2ccccc2)CC1)S(=O)(=O)c1ccccc1C(F)(F)F. The molecule has 10 heteroatoms. The molecule has 0 N–H and O–H groups in total. The Morgan fingerprint density at radius 1 is 1.00 bits per heavy atom. The molecular weight excluding hydrogens is 443 g/mol. The number of carbonyl (C=O) groups is 1. The van der Waals surface area contributed by atoms with Gasteiger partial charge in [0, 0.05) is 38.4 Å². The van der Waals surface area contributed by atoms with Gasteiger partial charge in [0.15, 0.2) is 0 Å². The van der Waals surface area contributed by atoms with E-state index in [1.165, 1.54) is 17.0 Å². The first-order valence-corrected chi connectivity index (χ1v) is 11.4. The van der Waals surface area contributed by atoms with Gasteiger partial charge in [-0.15, -0.1) is 6.58 Å². The fraction of sp³-hybridized carbons (Fsp3) is 0.318. The third-order valence-electron chi connectivity index (χ3n) is 5.21. The largest absolute Gasteiger partial charge is 0.417 e. The van der Waals surface area contributed by atoms with Crippen molar-refractivity contribution in [1.82, 2.24) is 9.21 Å². The summed E-state index contributed by atoms with van der Waals surface area (Å²) in [6, 6.07) is 13.6. The van der Waals surface area contributed by atoms with Crippen molar-refractivity contribution in [1.29, 1.82) is 0 Å². The Morgan fingerprint density at radius 2 is 1.59 bits per heavy atom. The number of amides is 1. The Labute approximate surface area is 185 Å². The van der Waals surface area contributed by atoms with E-state index >= 15 is 0 Å². The van der Waals surface area contributed by atoms with Crippen molar-refractivity contribution in [2.75, 3.05) is 44.2 Å². The van der Waals surface area contributed by atoms with Gasteiger partial charge < -0.3 is 9.80 Å². The molecule has 1 saturated heterocycles. The Balaban J connectivity index is 1.74. The standard InChI is InChI=1S/C22H24F3N3O3S/c1-2-12-28(32(30,31)20-11-7-6-10-19(20)22(23,24)25)17-21(29)27-15-13-26(14-16-27)18-8-4-3-5-9-18/h2-11H,1,12-17H2. The molecule has 0 unspecified atom stereocenters. The molecule has 1 aliphatic heterocycles. The third kappa shape index (κ3) is 5.31. The highest BCUT2D eigenvalue weighted by atomic mass is 32.2. The number of hydrogen-bond acceptors (Lipinski definition) is 4. The van der Waals surface area contributed by atoms with E-state index in [4.69, 9.17) is 0 Å². The normalized spacial score (nSPS) is 15.1. The molecule has 32 heavy (non-hydrogen) atoms. The number of carbonyl (C=O) groups excluding carboxylic acids is 1. The topological polar surface area (TPSA) is 60.9 Å². The number of anilines is 1. The number of alkyl halides is 3. The van der Waals surface area contributed by atoms with Crippen molar-refractivity contribution in [2.24, 2.45) is 0 Å². The first kappa shape index (κ1) is 23.8. The smallest absolute Gasteiger partial charge is 0.368 e. The zero-order chi connectivity index (χ0) is 23.4. The van der Waals surface area contributed by atoms with Gasteiger partial charge in [0.2, 0.25) is 15.9 Å². The molecule has 0 bridgehead atoms. The van der Waals surface area contributed by atoms with Crippen molar-refractivity contribution >= 4 is 21.6 Å². The van der Waals surface area contributed by atoms with Crippen LogP contribution in [0.1, 0.15) is 5.56 Å². The van der Waals surface area contributed by atoms with Gasteiger partial charge in [0.25, 0.3) is 0 Å². The predicted octanol–water partition coefficient (Wildman–Crippen LogP) is 3.23. The number of rotatable bonds is 7. The highest BCUT2D eigenvalue weighted by Gasteiger charge is 2.39. The third-order valence-corrected chi connectivity index (χ3v) is 7.08. The number of halogens is 3. The second-order valence-electron chi connectivity index (χ2n) is 7.28. The molecule has 1 aliphatic rings. The van der Waals surface area contributed by atoms with E-state index in [0.29, 0.717) is 32.2 Å². The van der Waals surface area contributed by atoms with Crippen LogP contribution in [0.25, 0.3) is 0 Å². The van der Waals surface area contributed by atoms with Crippen LogP contribution < -0.4 is 4.90 Å². The van der Waals surface area contributed by atoms with Crippen LogP contribution in [0.2, 0.25) is 0 Å². The van der Waals surface area contributed by atoms with Gasteiger partial charge in [-0.1, -0.05) is 36.4 Å². The van der Waals surface area contributed by atoms with Crippen molar-refractivity contribution < 1.29 is 26.4 Å². The van der Waals surface area contributed by atoms with Crippen LogP contribution >= 0.6 is 0 Å². The second kappa shape index (κ2) is 9.74. The van der Waals surface area contributed by atoms with Crippen molar-refractivity contribution in [3.8, 4) is 0 Å². The molecule has 1 fully saturated rings. The van der Waals surface area contributed by atoms with E-state index in [1.807, 2.05) is 30.3 Å². The van der Waals surface area contributed by atoms with E-state index in [0.717, 1.165) is 22.1 Å². The van der Waals surface area contributed by atoms with Crippen LogP contribution in [0.15, 0.2) is 72.1 Å². The quantitative estimate of drug-likeness (QED) is 0.587. The minimum absolute atomic E-state index is 0.287. The van der Waals surface area contributed by atoms with Crippen LogP contribution in [0.3, 0.4) is 0 Å². The van der Waals surface area contributed by atoms with Crippen LogP contribution in [-0.2, 0) is 21.0 Å². The van der Waals surface area contributed by atoms with Gasteiger partial charge in [-0.2, -0.15) is 17.5 Å². The van der Waals surface area contributed by atoms with Gasteiger partial charge in [0.05, 0.1) is 17.0 Å². The predicted molar refractivity (Wildman–Crippen MR) is 116 cm³/mol. The molecule has 3 rings (SSSR count). The fourth-order valence-electron chi connectivity index (χ4n) is 3.56. The monoisotopic (exact) mass is 467 g/mol. The molecule has 0 aromatic heterocycles. The summed E-state index contributed by atoms with van der Waals surface area (Å²) >= 11 is 0. The maximum atomic E-state index is 13.4. The first-order chi connectivity index (χ1) is 15.1. The van der Waals surface area contributed by atoms with Gasteiger partial charge >= 0.3 is 6.18 Å². The van der Waals surface area contributed by atoms with Gasteiger partial charge in [-0.25, -0.2) is 8.42 Å². The Kier molecular flexibility index (Phi) is 7.25. The Bertz CT molecular complexity index is 1050. The number of nitrogens with zero attached hydrogens (tertiary/aromatic N) is 3. The van der Waals surface area contributed by atoms with Gasteiger partial charge in [-0.05, 0) is 24.3 Å². The number of benzene rings is 2. The lowest BCUT2D eigenvalue weighted by Gasteiger charge is -2.37. The average molecular weight is 468 g/mol. The summed E-state index contributed by atoms with van der Waals surface area (Å²) in [6.45, 7) is 4.54. The summed E-state index contributed by atoms with van der Waals surface area (Å²) in [4.78, 5) is 15.6. The minimum atomic E-state index is -4.85. The number of hydrogen-bond donors (Lipinski definition) is 0. The highest BCUT2D eigenvalue weighted by Crippen LogP contribution is 2.35. The zero-order valence-electron chi connectivity index (χ0n) is 17.3. The summed E-state index contributed by atoms with van der Waals surface area (Å²) in [5, 5.41) is 0. The molecule has 1 heterocycles. The molecular formula is C22H24F3N3O3S. The van der Waals surface area contributed by atoms with E-state index in [1.54, 1.807) is 0 Å². The molecule has 0 radical (unpaired) electrons. The number of sulfonamides is 1.